The van der Waals surface area contributed by atoms with E-state index >= 15 is 0 Å². The number of methoxy groups -OCH3 is 1. The number of rotatable bonds is 7. The predicted octanol–water partition coefficient (Wildman–Crippen LogP) is 5.95. The van der Waals surface area contributed by atoms with Crippen molar-refractivity contribution in [2.45, 2.75) is 12.3 Å². The first-order valence-electron chi connectivity index (χ1n) is 11.8. The van der Waals surface area contributed by atoms with Crippen molar-refractivity contribution < 1.29 is 13.9 Å². The summed E-state index contributed by atoms with van der Waals surface area (Å²) in [5.41, 5.74) is 3.83. The number of hydrogen-bond acceptors (Lipinski definition) is 6. The Bertz CT molecular complexity index is 1570. The lowest BCUT2D eigenvalue weighted by Crippen LogP contribution is -2.14. The van der Waals surface area contributed by atoms with Gasteiger partial charge >= 0.3 is 0 Å². The van der Waals surface area contributed by atoms with Gasteiger partial charge in [-0.15, -0.1) is 10.2 Å². The molecule has 2 unspecified atom stereocenters. The van der Waals surface area contributed by atoms with Crippen molar-refractivity contribution in [2.75, 3.05) is 12.4 Å². The van der Waals surface area contributed by atoms with Gasteiger partial charge in [-0.25, -0.2) is 9.07 Å². The Balaban J connectivity index is 1.29. The first-order chi connectivity index (χ1) is 18.1. The summed E-state index contributed by atoms with van der Waals surface area (Å²) >= 11 is 1.26. The van der Waals surface area contributed by atoms with Gasteiger partial charge in [0.1, 0.15) is 5.69 Å². The van der Waals surface area contributed by atoms with Crippen molar-refractivity contribution in [3.05, 3.63) is 96.4 Å². The molecule has 3 aromatic carbocycles. The van der Waals surface area contributed by atoms with Crippen LogP contribution in [0.5, 0.6) is 5.75 Å². The molecule has 2 heterocycles. The van der Waals surface area contributed by atoms with Crippen LogP contribution in [0.25, 0.3) is 27.5 Å². The van der Waals surface area contributed by atoms with Crippen LogP contribution < -0.4 is 10.1 Å². The van der Waals surface area contributed by atoms with Gasteiger partial charge in [0, 0.05) is 17.7 Å². The van der Waals surface area contributed by atoms with E-state index < -0.39 is 5.82 Å². The van der Waals surface area contributed by atoms with Gasteiger partial charge in [-0.05, 0) is 48.2 Å². The maximum Gasteiger partial charge on any atom is 0.229 e. The molecule has 0 spiro atoms. The van der Waals surface area contributed by atoms with E-state index in [1.54, 1.807) is 16.8 Å². The van der Waals surface area contributed by atoms with Crippen LogP contribution in [0.4, 0.5) is 9.52 Å². The molecule has 2 aromatic heterocycles. The molecule has 5 aromatic rings. The highest BCUT2D eigenvalue weighted by atomic mass is 32.1. The molecule has 0 bridgehead atoms. The van der Waals surface area contributed by atoms with Crippen LogP contribution in [0.15, 0.2) is 85.1 Å². The molecule has 7 nitrogen and oxygen atoms in total. The standard InChI is InChI=1S/C28H22FN5O2S/c1-36-24-13-12-18(14-23(24)29)25-22(16-34(33-25)19-10-6-3-7-11-19)27-31-32-28(37-27)30-26(35)21-15-20(21)17-8-4-2-5-9-17/h2-14,16,20-21H,15H2,1H3,(H,30,32,35). The van der Waals surface area contributed by atoms with Gasteiger partial charge in [0.05, 0.1) is 18.4 Å². The van der Waals surface area contributed by atoms with E-state index in [-0.39, 0.29) is 23.5 Å². The average molecular weight is 512 g/mol. The van der Waals surface area contributed by atoms with E-state index in [9.17, 15) is 9.18 Å². The molecule has 37 heavy (non-hydrogen) atoms. The normalized spacial score (nSPS) is 16.4. The van der Waals surface area contributed by atoms with Gasteiger partial charge in [-0.3, -0.25) is 4.79 Å². The number of benzene rings is 3. The minimum Gasteiger partial charge on any atom is -0.494 e. The Kier molecular flexibility index (Phi) is 5.97. The fraction of sp³-hybridized carbons (Fsp3) is 0.143. The molecule has 1 aliphatic carbocycles. The van der Waals surface area contributed by atoms with E-state index in [4.69, 9.17) is 9.84 Å². The van der Waals surface area contributed by atoms with E-state index in [0.29, 0.717) is 27.0 Å². The van der Waals surface area contributed by atoms with Crippen LogP contribution in [-0.2, 0) is 4.79 Å². The number of halogens is 1. The zero-order chi connectivity index (χ0) is 25.4. The van der Waals surface area contributed by atoms with Gasteiger partial charge in [0.25, 0.3) is 0 Å². The third kappa shape index (κ3) is 4.61. The van der Waals surface area contributed by atoms with Gasteiger partial charge < -0.3 is 10.1 Å². The lowest BCUT2D eigenvalue weighted by molar-refractivity contribution is -0.117. The van der Waals surface area contributed by atoms with Crippen molar-refractivity contribution >= 4 is 22.4 Å². The second kappa shape index (κ2) is 9.59. The number of para-hydroxylation sites is 1. The average Bonchev–Trinajstić information content (AvgIpc) is 3.40. The molecule has 1 aliphatic rings. The second-order valence-corrected chi connectivity index (χ2v) is 9.76. The van der Waals surface area contributed by atoms with Crippen LogP contribution in [0, 0.1) is 11.7 Å². The number of nitrogens with zero attached hydrogens (tertiary/aromatic N) is 4. The Hall–Kier alpha value is -4.37. The van der Waals surface area contributed by atoms with Crippen molar-refractivity contribution in [1.29, 1.82) is 0 Å². The smallest absolute Gasteiger partial charge is 0.229 e. The number of amides is 1. The molecule has 9 heteroatoms. The fourth-order valence-corrected chi connectivity index (χ4v) is 5.16. The lowest BCUT2D eigenvalue weighted by atomic mass is 10.1. The number of anilines is 1. The quantitative estimate of drug-likeness (QED) is 0.292. The number of aromatic nitrogens is 4. The SMILES string of the molecule is COc1ccc(-c2nn(-c3ccccc3)cc2-c2nnc(NC(=O)C3CC3c3ccccc3)s2)cc1F. The van der Waals surface area contributed by atoms with Crippen LogP contribution in [0.3, 0.4) is 0 Å². The van der Waals surface area contributed by atoms with E-state index in [1.807, 2.05) is 54.7 Å². The number of carbonyl (C=O) groups is 1. The summed E-state index contributed by atoms with van der Waals surface area (Å²) in [7, 11) is 1.42. The van der Waals surface area contributed by atoms with Gasteiger partial charge in [0.15, 0.2) is 16.6 Å². The number of nitrogens with one attached hydrogen (secondary N) is 1. The monoisotopic (exact) mass is 511 g/mol. The lowest BCUT2D eigenvalue weighted by Gasteiger charge is -2.04. The summed E-state index contributed by atoms with van der Waals surface area (Å²) in [5.74, 6) is -0.234. The second-order valence-electron chi connectivity index (χ2n) is 8.78. The highest BCUT2D eigenvalue weighted by molar-refractivity contribution is 7.18. The minimum atomic E-state index is -0.483. The van der Waals surface area contributed by atoms with Crippen LogP contribution in [0.2, 0.25) is 0 Å². The maximum atomic E-state index is 14.6. The molecule has 1 saturated carbocycles. The zero-order valence-corrected chi connectivity index (χ0v) is 20.7. The van der Waals surface area contributed by atoms with Crippen molar-refractivity contribution in [1.82, 2.24) is 20.0 Å². The third-order valence-electron chi connectivity index (χ3n) is 6.40. The Morgan fingerprint density at radius 3 is 2.54 bits per heavy atom. The van der Waals surface area contributed by atoms with Gasteiger partial charge in [0.2, 0.25) is 11.0 Å². The molecule has 6 rings (SSSR count). The summed E-state index contributed by atoms with van der Waals surface area (Å²) in [6.45, 7) is 0. The zero-order valence-electron chi connectivity index (χ0n) is 19.8. The van der Waals surface area contributed by atoms with Crippen molar-refractivity contribution in [2.24, 2.45) is 5.92 Å². The van der Waals surface area contributed by atoms with Crippen molar-refractivity contribution in [3.63, 3.8) is 0 Å². The number of ether oxygens (including phenoxy) is 1. The fourth-order valence-electron chi connectivity index (χ4n) is 4.40. The maximum absolute atomic E-state index is 14.6. The molecule has 1 amide bonds. The van der Waals surface area contributed by atoms with Crippen LogP contribution in [0.1, 0.15) is 17.9 Å². The van der Waals surface area contributed by atoms with E-state index in [2.05, 4.69) is 27.6 Å². The molecular formula is C28H22FN5O2S. The molecule has 2 atom stereocenters. The largest absolute Gasteiger partial charge is 0.494 e. The van der Waals surface area contributed by atoms with Crippen molar-refractivity contribution in [3.8, 4) is 33.3 Å². The van der Waals surface area contributed by atoms with E-state index in [1.165, 1.54) is 30.1 Å². The molecular weight excluding hydrogens is 489 g/mol. The number of hydrogen-bond donors (Lipinski definition) is 1. The predicted molar refractivity (Wildman–Crippen MR) is 140 cm³/mol. The highest BCUT2D eigenvalue weighted by Gasteiger charge is 2.44. The summed E-state index contributed by atoms with van der Waals surface area (Å²) in [4.78, 5) is 12.8. The molecule has 1 fully saturated rings. The number of carbonyl (C=O) groups excluding carboxylic acids is 1. The molecule has 184 valence electrons. The molecule has 0 saturated heterocycles. The van der Waals surface area contributed by atoms with Crippen LogP contribution >= 0.6 is 11.3 Å². The summed E-state index contributed by atoms with van der Waals surface area (Å²) < 4.78 is 21.3. The Morgan fingerprint density at radius 2 is 1.81 bits per heavy atom. The topological polar surface area (TPSA) is 81.9 Å². The van der Waals surface area contributed by atoms with Gasteiger partial charge in [-0.1, -0.05) is 59.9 Å². The third-order valence-corrected chi connectivity index (χ3v) is 7.27. The first-order valence-corrected chi connectivity index (χ1v) is 12.6. The first kappa shape index (κ1) is 23.1. The van der Waals surface area contributed by atoms with Gasteiger partial charge in [-0.2, -0.15) is 5.10 Å². The Labute approximate surface area is 216 Å². The van der Waals surface area contributed by atoms with E-state index in [0.717, 1.165) is 12.1 Å². The Morgan fingerprint density at radius 1 is 1.05 bits per heavy atom. The minimum absolute atomic E-state index is 0.0611. The summed E-state index contributed by atoms with van der Waals surface area (Å²) in [6, 6.07) is 24.4. The molecule has 0 aliphatic heterocycles. The summed E-state index contributed by atoms with van der Waals surface area (Å²) in [5, 5.41) is 17.2. The summed E-state index contributed by atoms with van der Waals surface area (Å²) in [6.07, 6.45) is 2.66. The molecule has 0 radical (unpaired) electrons. The molecule has 1 N–H and O–H groups in total. The van der Waals surface area contributed by atoms with Crippen LogP contribution in [-0.4, -0.2) is 33.0 Å². The highest BCUT2D eigenvalue weighted by Crippen LogP contribution is 2.48.